The topological polar surface area (TPSA) is 24.9 Å². The van der Waals surface area contributed by atoms with Crippen LogP contribution in [0.1, 0.15) is 57.9 Å². The fraction of sp³-hybridized carbons (Fsp3) is 0.722. The first-order chi connectivity index (χ1) is 10.2. The molecule has 1 saturated carbocycles. The van der Waals surface area contributed by atoms with Gasteiger partial charge in [0.15, 0.2) is 0 Å². The van der Waals surface area contributed by atoms with Gasteiger partial charge in [0.2, 0.25) is 0 Å². The molecule has 21 heavy (non-hydrogen) atoms. The zero-order chi connectivity index (χ0) is 15.1. The number of hydrogen-bond acceptors (Lipinski definition) is 2. The average molecular weight is 353 g/mol. The molecule has 0 radical (unpaired) electrons. The second-order valence-corrected chi connectivity index (χ2v) is 7.36. The minimum atomic E-state index is 0.605. The number of nitrogens with one attached hydrogen (secondary N) is 1. The monoisotopic (exact) mass is 352 g/mol. The summed E-state index contributed by atoms with van der Waals surface area (Å²) in [7, 11) is 0. The smallest absolute Gasteiger partial charge is 0.0410 e. The zero-order valence-electron chi connectivity index (χ0n) is 13.4. The van der Waals surface area contributed by atoms with Crippen LogP contribution in [-0.2, 0) is 6.42 Å². The molecule has 1 aromatic heterocycles. The van der Waals surface area contributed by atoms with Gasteiger partial charge in [-0.1, -0.05) is 39.5 Å². The molecule has 118 valence electrons. The second kappa shape index (κ2) is 8.89. The Morgan fingerprint density at radius 3 is 2.62 bits per heavy atom. The van der Waals surface area contributed by atoms with Gasteiger partial charge in [0.25, 0.3) is 0 Å². The highest BCUT2D eigenvalue weighted by molar-refractivity contribution is 9.10. The van der Waals surface area contributed by atoms with Crippen molar-refractivity contribution < 1.29 is 0 Å². The van der Waals surface area contributed by atoms with Crippen LogP contribution < -0.4 is 5.32 Å². The van der Waals surface area contributed by atoms with Gasteiger partial charge in [0.1, 0.15) is 0 Å². The van der Waals surface area contributed by atoms with Gasteiger partial charge in [0, 0.05) is 22.9 Å². The Bertz CT molecular complexity index is 413. The normalized spacial score (nSPS) is 24.0. The maximum absolute atomic E-state index is 4.30. The molecule has 0 bridgehead atoms. The molecule has 3 heteroatoms. The van der Waals surface area contributed by atoms with E-state index in [1.807, 2.05) is 12.4 Å². The van der Waals surface area contributed by atoms with E-state index in [0.29, 0.717) is 6.04 Å². The molecular formula is C18H29BrN2. The van der Waals surface area contributed by atoms with Crippen molar-refractivity contribution in [1.82, 2.24) is 10.3 Å². The van der Waals surface area contributed by atoms with E-state index < -0.39 is 0 Å². The Balaban J connectivity index is 1.93. The van der Waals surface area contributed by atoms with E-state index in [-0.39, 0.29) is 0 Å². The SMILES string of the molecule is CCCC1CCC(C(Cc2cncc(Br)c2)NCC)CC1. The van der Waals surface area contributed by atoms with E-state index in [1.165, 1.54) is 44.1 Å². The van der Waals surface area contributed by atoms with Crippen LogP contribution in [0.15, 0.2) is 22.9 Å². The average Bonchev–Trinajstić information content (AvgIpc) is 2.48. The molecule has 2 nitrogen and oxygen atoms in total. The van der Waals surface area contributed by atoms with Gasteiger partial charge in [-0.05, 0) is 65.2 Å². The van der Waals surface area contributed by atoms with Crippen molar-refractivity contribution in [2.45, 2.75) is 64.8 Å². The lowest BCUT2D eigenvalue weighted by Gasteiger charge is -2.34. The predicted octanol–water partition coefficient (Wildman–Crippen LogP) is 4.97. The summed E-state index contributed by atoms with van der Waals surface area (Å²) in [4.78, 5) is 4.30. The molecule has 1 unspecified atom stereocenters. The molecule has 1 aliphatic rings. The fourth-order valence-corrected chi connectivity index (χ4v) is 4.19. The first-order valence-electron chi connectivity index (χ1n) is 8.55. The van der Waals surface area contributed by atoms with Crippen molar-refractivity contribution in [2.24, 2.45) is 11.8 Å². The first kappa shape index (κ1) is 17.0. The van der Waals surface area contributed by atoms with Gasteiger partial charge in [-0.3, -0.25) is 4.98 Å². The molecule has 1 N–H and O–H groups in total. The van der Waals surface area contributed by atoms with Gasteiger partial charge < -0.3 is 5.32 Å². The minimum absolute atomic E-state index is 0.605. The van der Waals surface area contributed by atoms with Crippen LogP contribution in [0.3, 0.4) is 0 Å². The molecule has 0 spiro atoms. The highest BCUT2D eigenvalue weighted by Crippen LogP contribution is 2.34. The molecule has 0 saturated heterocycles. The van der Waals surface area contributed by atoms with Crippen LogP contribution in [0.4, 0.5) is 0 Å². The quantitative estimate of drug-likeness (QED) is 0.748. The standard InChI is InChI=1S/C18H29BrN2/c1-3-5-14-6-8-16(9-7-14)18(21-4-2)11-15-10-17(19)13-20-12-15/h10,12-14,16,18,21H,3-9,11H2,1-2H3. The summed E-state index contributed by atoms with van der Waals surface area (Å²) in [5.41, 5.74) is 1.34. The van der Waals surface area contributed by atoms with Crippen LogP contribution in [0, 0.1) is 11.8 Å². The molecular weight excluding hydrogens is 324 g/mol. The number of aromatic nitrogens is 1. The number of halogens is 1. The lowest BCUT2D eigenvalue weighted by molar-refractivity contribution is 0.213. The van der Waals surface area contributed by atoms with Crippen molar-refractivity contribution in [3.8, 4) is 0 Å². The van der Waals surface area contributed by atoms with Crippen LogP contribution in [0.2, 0.25) is 0 Å². The molecule has 1 aromatic rings. The number of rotatable bonds is 7. The number of likely N-dealkylation sites (N-methyl/N-ethyl adjacent to an activating group) is 1. The Kier molecular flexibility index (Phi) is 7.18. The van der Waals surface area contributed by atoms with Crippen LogP contribution >= 0.6 is 15.9 Å². The van der Waals surface area contributed by atoms with E-state index >= 15 is 0 Å². The third-order valence-corrected chi connectivity index (χ3v) is 5.27. The number of nitrogens with zero attached hydrogens (tertiary/aromatic N) is 1. The number of pyridine rings is 1. The molecule has 2 rings (SSSR count). The maximum atomic E-state index is 4.30. The van der Waals surface area contributed by atoms with Crippen molar-refractivity contribution in [3.05, 3.63) is 28.5 Å². The third kappa shape index (κ3) is 5.37. The summed E-state index contributed by atoms with van der Waals surface area (Å²) >= 11 is 3.53. The number of hydrogen-bond donors (Lipinski definition) is 1. The van der Waals surface area contributed by atoms with Crippen LogP contribution in [0.5, 0.6) is 0 Å². The molecule has 0 amide bonds. The van der Waals surface area contributed by atoms with Crippen LogP contribution in [-0.4, -0.2) is 17.6 Å². The van der Waals surface area contributed by atoms with Gasteiger partial charge in [0.05, 0.1) is 0 Å². The largest absolute Gasteiger partial charge is 0.314 e. The van der Waals surface area contributed by atoms with E-state index in [0.717, 1.165) is 29.3 Å². The molecule has 0 aromatic carbocycles. The summed E-state index contributed by atoms with van der Waals surface area (Å²) in [5, 5.41) is 3.72. The van der Waals surface area contributed by atoms with Gasteiger partial charge in [-0.25, -0.2) is 0 Å². The van der Waals surface area contributed by atoms with E-state index in [9.17, 15) is 0 Å². The Hall–Kier alpha value is -0.410. The van der Waals surface area contributed by atoms with Crippen LogP contribution in [0.25, 0.3) is 0 Å². The van der Waals surface area contributed by atoms with Gasteiger partial charge >= 0.3 is 0 Å². The van der Waals surface area contributed by atoms with Crippen molar-refractivity contribution in [1.29, 1.82) is 0 Å². The predicted molar refractivity (Wildman–Crippen MR) is 93.5 cm³/mol. The molecule has 1 aliphatic carbocycles. The van der Waals surface area contributed by atoms with Gasteiger partial charge in [-0.2, -0.15) is 0 Å². The first-order valence-corrected chi connectivity index (χ1v) is 9.35. The Morgan fingerprint density at radius 1 is 1.24 bits per heavy atom. The van der Waals surface area contributed by atoms with Crippen molar-refractivity contribution >= 4 is 15.9 Å². The van der Waals surface area contributed by atoms with Crippen molar-refractivity contribution in [2.75, 3.05) is 6.54 Å². The van der Waals surface area contributed by atoms with Gasteiger partial charge in [-0.15, -0.1) is 0 Å². The van der Waals surface area contributed by atoms with E-state index in [1.54, 1.807) is 0 Å². The minimum Gasteiger partial charge on any atom is -0.314 e. The summed E-state index contributed by atoms with van der Waals surface area (Å²) in [5.74, 6) is 1.82. The van der Waals surface area contributed by atoms with E-state index in [2.05, 4.69) is 46.1 Å². The zero-order valence-corrected chi connectivity index (χ0v) is 15.0. The third-order valence-electron chi connectivity index (χ3n) is 4.84. The molecule has 1 heterocycles. The summed E-state index contributed by atoms with van der Waals surface area (Å²) < 4.78 is 1.09. The lowest BCUT2D eigenvalue weighted by Crippen LogP contribution is -2.39. The van der Waals surface area contributed by atoms with Crippen molar-refractivity contribution in [3.63, 3.8) is 0 Å². The molecule has 0 aliphatic heterocycles. The fourth-order valence-electron chi connectivity index (χ4n) is 3.78. The lowest BCUT2D eigenvalue weighted by atomic mass is 9.76. The summed E-state index contributed by atoms with van der Waals surface area (Å²) in [6, 6.07) is 2.81. The second-order valence-electron chi connectivity index (χ2n) is 6.45. The van der Waals surface area contributed by atoms with E-state index in [4.69, 9.17) is 0 Å². The molecule has 1 atom stereocenters. The maximum Gasteiger partial charge on any atom is 0.0410 e. The highest BCUT2D eigenvalue weighted by atomic mass is 79.9. The molecule has 1 fully saturated rings. The Morgan fingerprint density at radius 2 is 2.00 bits per heavy atom. The summed E-state index contributed by atoms with van der Waals surface area (Å²) in [6.45, 7) is 5.59. The highest BCUT2D eigenvalue weighted by Gasteiger charge is 2.27. The summed E-state index contributed by atoms with van der Waals surface area (Å²) in [6.07, 6.45) is 13.4. The Labute approximate surface area is 138 Å².